The Labute approximate surface area is 105 Å². The van der Waals surface area contributed by atoms with Crippen LogP contribution in [0.1, 0.15) is 27.2 Å². The van der Waals surface area contributed by atoms with E-state index in [4.69, 9.17) is 0 Å². The third-order valence-electron chi connectivity index (χ3n) is 2.48. The first-order chi connectivity index (χ1) is 8.80. The molecular formula is C12H8F3NO3. The van der Waals surface area contributed by atoms with Crippen molar-refractivity contribution < 1.29 is 27.6 Å². The number of hydrogen-bond donors (Lipinski definition) is 1. The molecule has 1 heterocycles. The zero-order valence-electron chi connectivity index (χ0n) is 9.65. The molecule has 0 radical (unpaired) electrons. The van der Waals surface area contributed by atoms with E-state index in [1.165, 1.54) is 18.2 Å². The molecule has 0 saturated heterocycles. The molecule has 0 fully saturated rings. The number of phenolic OH excluding ortho intramolecular Hbond substituents is 1. The molecule has 4 nitrogen and oxygen atoms in total. The fourth-order valence-electron chi connectivity index (χ4n) is 1.58. The molecule has 19 heavy (non-hydrogen) atoms. The molecule has 1 aromatic heterocycles. The number of phenols is 1. The van der Waals surface area contributed by atoms with Gasteiger partial charge >= 0.3 is 6.18 Å². The number of alkyl halides is 3. The largest absolute Gasteiger partial charge is 0.507 e. The minimum Gasteiger partial charge on any atom is -0.507 e. The highest BCUT2D eigenvalue weighted by molar-refractivity contribution is 6.11. The highest BCUT2D eigenvalue weighted by atomic mass is 19.4. The van der Waals surface area contributed by atoms with E-state index in [0.29, 0.717) is 11.8 Å². The van der Waals surface area contributed by atoms with Gasteiger partial charge in [-0.3, -0.25) is 4.79 Å². The number of carbonyl (C=O) groups is 1. The third kappa shape index (κ3) is 2.44. The lowest BCUT2D eigenvalue weighted by Crippen LogP contribution is -2.13. The summed E-state index contributed by atoms with van der Waals surface area (Å²) >= 11 is 0. The van der Waals surface area contributed by atoms with E-state index in [1.54, 1.807) is 6.92 Å². The van der Waals surface area contributed by atoms with E-state index in [-0.39, 0.29) is 5.56 Å². The van der Waals surface area contributed by atoms with E-state index in [9.17, 15) is 23.1 Å². The number of aryl methyl sites for hydroxylation is 1. The Bertz CT molecular complexity index is 631. The van der Waals surface area contributed by atoms with E-state index >= 15 is 0 Å². The van der Waals surface area contributed by atoms with Crippen molar-refractivity contribution in [1.82, 2.24) is 5.16 Å². The highest BCUT2D eigenvalue weighted by Gasteiger charge is 2.40. The van der Waals surface area contributed by atoms with Gasteiger partial charge in [0.15, 0.2) is 5.69 Å². The summed E-state index contributed by atoms with van der Waals surface area (Å²) in [7, 11) is 0. The van der Waals surface area contributed by atoms with Gasteiger partial charge in [-0.15, -0.1) is 0 Å². The van der Waals surface area contributed by atoms with Crippen molar-refractivity contribution in [3.63, 3.8) is 0 Å². The zero-order valence-corrected chi connectivity index (χ0v) is 9.65. The Morgan fingerprint density at radius 2 is 2.00 bits per heavy atom. The molecule has 0 aliphatic rings. The van der Waals surface area contributed by atoms with Crippen LogP contribution >= 0.6 is 0 Å². The number of aromatic hydroxyl groups is 1. The van der Waals surface area contributed by atoms with Gasteiger partial charge in [0, 0.05) is 0 Å². The molecule has 0 aliphatic carbocycles. The smallest absolute Gasteiger partial charge is 0.437 e. The van der Waals surface area contributed by atoms with Crippen LogP contribution in [0.5, 0.6) is 5.75 Å². The van der Waals surface area contributed by atoms with E-state index in [1.807, 2.05) is 0 Å². The minimum atomic E-state index is -4.79. The molecule has 7 heteroatoms. The molecule has 0 amide bonds. The molecule has 100 valence electrons. The molecule has 0 unspecified atom stereocenters. The normalized spacial score (nSPS) is 11.6. The molecule has 0 spiro atoms. The topological polar surface area (TPSA) is 63.3 Å². The number of benzene rings is 1. The lowest BCUT2D eigenvalue weighted by molar-refractivity contribution is -0.143. The van der Waals surface area contributed by atoms with Crippen molar-refractivity contribution in [2.75, 3.05) is 0 Å². The van der Waals surface area contributed by atoms with E-state index < -0.39 is 29.0 Å². The maximum atomic E-state index is 12.6. The third-order valence-corrected chi connectivity index (χ3v) is 2.48. The number of carbonyl (C=O) groups excluding carboxylic acids is 1. The predicted octanol–water partition coefficient (Wildman–Crippen LogP) is 2.94. The first-order valence-electron chi connectivity index (χ1n) is 5.16. The lowest BCUT2D eigenvalue weighted by atomic mass is 10.0. The van der Waals surface area contributed by atoms with Gasteiger partial charge in [0.2, 0.25) is 5.78 Å². The molecule has 2 aromatic rings. The van der Waals surface area contributed by atoms with Crippen LogP contribution in [0.3, 0.4) is 0 Å². The van der Waals surface area contributed by atoms with Crippen LogP contribution in [-0.4, -0.2) is 16.0 Å². The van der Waals surface area contributed by atoms with Crippen molar-refractivity contribution in [2.45, 2.75) is 13.1 Å². The van der Waals surface area contributed by atoms with Crippen LogP contribution < -0.4 is 0 Å². The number of hydrogen-bond acceptors (Lipinski definition) is 4. The van der Waals surface area contributed by atoms with Crippen molar-refractivity contribution in [3.05, 3.63) is 46.8 Å². The summed E-state index contributed by atoms with van der Waals surface area (Å²) in [5.41, 5.74) is -1.73. The molecule has 0 aliphatic heterocycles. The highest BCUT2D eigenvalue weighted by Crippen LogP contribution is 2.33. The number of rotatable bonds is 2. The van der Waals surface area contributed by atoms with Gasteiger partial charge in [-0.2, -0.15) is 13.2 Å². The number of halogens is 3. The summed E-state index contributed by atoms with van der Waals surface area (Å²) in [5.74, 6) is -1.39. The second kappa shape index (κ2) is 4.42. The zero-order chi connectivity index (χ0) is 14.2. The van der Waals surface area contributed by atoms with Crippen molar-refractivity contribution in [1.29, 1.82) is 0 Å². The summed E-state index contributed by atoms with van der Waals surface area (Å²) < 4.78 is 42.0. The molecule has 1 N–H and O–H groups in total. The molecule has 0 bridgehead atoms. The maximum absolute atomic E-state index is 12.6. The first-order valence-corrected chi connectivity index (χ1v) is 5.16. The maximum Gasteiger partial charge on any atom is 0.437 e. The average molecular weight is 271 g/mol. The van der Waals surface area contributed by atoms with Crippen LogP contribution in [0.2, 0.25) is 0 Å². The van der Waals surface area contributed by atoms with Crippen molar-refractivity contribution in [2.24, 2.45) is 0 Å². The van der Waals surface area contributed by atoms with Crippen molar-refractivity contribution in [3.8, 4) is 5.75 Å². The summed E-state index contributed by atoms with van der Waals surface area (Å²) in [6.45, 7) is 1.65. The number of nitrogens with zero attached hydrogens (tertiary/aromatic N) is 1. The van der Waals surface area contributed by atoms with Crippen LogP contribution in [0, 0.1) is 6.92 Å². The minimum absolute atomic E-state index is 0.228. The molecule has 0 saturated carbocycles. The van der Waals surface area contributed by atoms with Crippen LogP contribution in [0.15, 0.2) is 29.0 Å². The van der Waals surface area contributed by atoms with Gasteiger partial charge in [0.25, 0.3) is 0 Å². The predicted molar refractivity (Wildman–Crippen MR) is 57.8 cm³/mol. The summed E-state index contributed by atoms with van der Waals surface area (Å²) in [5, 5.41) is 12.3. The number of aromatic nitrogens is 1. The van der Waals surface area contributed by atoms with Gasteiger partial charge in [-0.25, -0.2) is 0 Å². The fourth-order valence-corrected chi connectivity index (χ4v) is 1.58. The second-order valence-corrected chi connectivity index (χ2v) is 3.92. The molecular weight excluding hydrogens is 263 g/mol. The first kappa shape index (κ1) is 13.1. The summed E-state index contributed by atoms with van der Waals surface area (Å²) in [6.07, 6.45) is -4.18. The van der Waals surface area contributed by atoms with Gasteiger partial charge in [0.05, 0.1) is 11.1 Å². The Kier molecular flexibility index (Phi) is 3.05. The Hall–Kier alpha value is -2.31. The van der Waals surface area contributed by atoms with Gasteiger partial charge in [-0.05, 0) is 19.1 Å². The average Bonchev–Trinajstić information content (AvgIpc) is 2.80. The second-order valence-electron chi connectivity index (χ2n) is 3.92. The molecule has 2 rings (SSSR count). The fraction of sp³-hybridized carbons (Fsp3) is 0.167. The molecule has 0 atom stereocenters. The molecule has 1 aromatic carbocycles. The monoisotopic (exact) mass is 271 g/mol. The number of ketones is 1. The summed E-state index contributed by atoms with van der Waals surface area (Å²) in [4.78, 5) is 12.0. The van der Waals surface area contributed by atoms with Gasteiger partial charge < -0.3 is 9.63 Å². The van der Waals surface area contributed by atoms with Crippen LogP contribution in [0.4, 0.5) is 13.2 Å². The Balaban J connectivity index is 2.51. The van der Waals surface area contributed by atoms with Crippen LogP contribution in [0.25, 0.3) is 0 Å². The quantitative estimate of drug-likeness (QED) is 0.853. The Morgan fingerprint density at radius 3 is 2.63 bits per heavy atom. The Morgan fingerprint density at radius 1 is 1.32 bits per heavy atom. The SMILES string of the molecule is Cc1ccc(O)c(C(=O)c2conc2C(F)(F)F)c1. The van der Waals surface area contributed by atoms with E-state index in [0.717, 1.165) is 0 Å². The van der Waals surface area contributed by atoms with E-state index in [2.05, 4.69) is 9.68 Å². The lowest BCUT2D eigenvalue weighted by Gasteiger charge is -2.06. The van der Waals surface area contributed by atoms with Crippen LogP contribution in [-0.2, 0) is 6.18 Å². The summed E-state index contributed by atoms with van der Waals surface area (Å²) in [6, 6.07) is 4.07. The van der Waals surface area contributed by atoms with Gasteiger partial charge in [-0.1, -0.05) is 16.8 Å². The standard InChI is InChI=1S/C12H8F3NO3/c1-6-2-3-9(17)7(4-6)10(18)8-5-19-16-11(8)12(13,14)15/h2-5,17H,1H3. The van der Waals surface area contributed by atoms with Crippen molar-refractivity contribution >= 4 is 5.78 Å². The van der Waals surface area contributed by atoms with Gasteiger partial charge in [0.1, 0.15) is 12.0 Å².